The molecule has 2 rings (SSSR count). The van der Waals surface area contributed by atoms with Gasteiger partial charge in [0.25, 0.3) is 0 Å². The van der Waals surface area contributed by atoms with Crippen LogP contribution in [0.1, 0.15) is 21.5 Å². The predicted molar refractivity (Wildman–Crippen MR) is 93.8 cm³/mol. The first-order valence-electron chi connectivity index (χ1n) is 6.80. The van der Waals surface area contributed by atoms with Crippen molar-refractivity contribution in [1.82, 2.24) is 0 Å². The number of ether oxygens (including phenoxy) is 2. The number of hydrogen-bond donors (Lipinski definition) is 0. The molecule has 0 unspecified atom stereocenters. The molecule has 0 N–H and O–H groups in total. The molecule has 0 amide bonds. The van der Waals surface area contributed by atoms with E-state index in [1.165, 1.54) is 6.07 Å². The summed E-state index contributed by atoms with van der Waals surface area (Å²) in [6.45, 7) is 2.31. The van der Waals surface area contributed by atoms with Crippen LogP contribution in [0.5, 0.6) is 5.75 Å². The van der Waals surface area contributed by atoms with Gasteiger partial charge in [-0.25, -0.2) is 4.79 Å². The monoisotopic (exact) mass is 392 g/mol. The molecular weight excluding hydrogens is 380 g/mol. The van der Waals surface area contributed by atoms with Gasteiger partial charge in [0.1, 0.15) is 6.61 Å². The van der Waals surface area contributed by atoms with Crippen LogP contribution in [0, 0.1) is 19.3 Å². The minimum Gasteiger partial charge on any atom is -0.486 e. The summed E-state index contributed by atoms with van der Waals surface area (Å²) in [6.07, 6.45) is 5.06. The zero-order valence-electron chi connectivity index (χ0n) is 12.4. The molecule has 0 aliphatic heterocycles. The quantitative estimate of drug-likeness (QED) is 0.542. The van der Waals surface area contributed by atoms with Crippen molar-refractivity contribution in [3.05, 3.63) is 62.6 Å². The summed E-state index contributed by atoms with van der Waals surface area (Å²) in [5.41, 5.74) is 2.50. The first-order chi connectivity index (χ1) is 11.0. The van der Waals surface area contributed by atoms with Crippen LogP contribution in [-0.4, -0.2) is 12.6 Å². The van der Waals surface area contributed by atoms with E-state index in [0.29, 0.717) is 27.4 Å². The molecule has 0 aliphatic carbocycles. The number of esters is 1. The van der Waals surface area contributed by atoms with Gasteiger partial charge in [0, 0.05) is 0 Å². The summed E-state index contributed by atoms with van der Waals surface area (Å²) in [6, 6.07) is 11.0. The first kappa shape index (κ1) is 17.4. The molecule has 0 fully saturated rings. The Kier molecular flexibility index (Phi) is 6.09. The Balaban J connectivity index is 2.16. The lowest BCUT2D eigenvalue weighted by Crippen LogP contribution is -2.06. The Bertz CT molecular complexity index is 742. The predicted octanol–water partition coefficient (Wildman–Crippen LogP) is 4.78. The van der Waals surface area contributed by atoms with Crippen molar-refractivity contribution in [3.63, 3.8) is 0 Å². The molecule has 118 valence electrons. The van der Waals surface area contributed by atoms with Crippen LogP contribution in [0.3, 0.4) is 0 Å². The molecule has 0 aromatic heterocycles. The summed E-state index contributed by atoms with van der Waals surface area (Å²) >= 11 is 9.58. The molecule has 0 spiro atoms. The molecule has 0 aliphatic rings. The Labute approximate surface area is 148 Å². The lowest BCUT2D eigenvalue weighted by molar-refractivity contribution is 0.0556. The van der Waals surface area contributed by atoms with E-state index in [-0.39, 0.29) is 6.61 Å². The minimum absolute atomic E-state index is 0.0837. The van der Waals surface area contributed by atoms with Gasteiger partial charge in [-0.15, -0.1) is 6.42 Å². The number of aryl methyl sites for hydroxylation is 1. The van der Waals surface area contributed by atoms with E-state index in [1.807, 2.05) is 31.2 Å². The third-order valence-corrected chi connectivity index (χ3v) is 4.02. The summed E-state index contributed by atoms with van der Waals surface area (Å²) in [5.74, 6) is 2.18. The second-order valence-electron chi connectivity index (χ2n) is 4.76. The molecule has 0 radical (unpaired) electrons. The average Bonchev–Trinajstić information content (AvgIpc) is 2.53. The van der Waals surface area contributed by atoms with Crippen LogP contribution in [0.2, 0.25) is 5.02 Å². The van der Waals surface area contributed by atoms with Crippen molar-refractivity contribution in [2.75, 3.05) is 6.61 Å². The number of carbonyl (C=O) groups is 1. The van der Waals surface area contributed by atoms with Gasteiger partial charge >= 0.3 is 5.97 Å². The standard InChI is InChI=1S/C18H14BrClO3/c1-3-8-22-18(21)14-9-15(19)17(16(20)10-14)23-11-13-7-5-4-6-12(13)2/h1,4-7,9-10H,8,11H2,2H3. The SMILES string of the molecule is C#CCOC(=O)c1cc(Cl)c(OCc2ccccc2C)c(Br)c1. The number of halogens is 2. The second-order valence-corrected chi connectivity index (χ2v) is 6.03. The van der Waals surface area contributed by atoms with Crippen molar-refractivity contribution >= 4 is 33.5 Å². The first-order valence-corrected chi connectivity index (χ1v) is 7.97. The molecular formula is C18H14BrClO3. The van der Waals surface area contributed by atoms with Gasteiger partial charge in [0.05, 0.1) is 15.1 Å². The Hall–Kier alpha value is -1.96. The molecule has 2 aromatic rings. The minimum atomic E-state index is -0.531. The van der Waals surface area contributed by atoms with E-state index in [2.05, 4.69) is 21.9 Å². The molecule has 0 saturated heterocycles. The maximum atomic E-state index is 11.8. The van der Waals surface area contributed by atoms with Crippen molar-refractivity contribution in [3.8, 4) is 18.1 Å². The fourth-order valence-corrected chi connectivity index (χ4v) is 2.89. The number of hydrogen-bond acceptors (Lipinski definition) is 3. The van der Waals surface area contributed by atoms with Gasteiger partial charge in [-0.1, -0.05) is 41.8 Å². The average molecular weight is 394 g/mol. The molecule has 0 atom stereocenters. The third kappa shape index (κ3) is 4.51. The summed E-state index contributed by atoms with van der Waals surface area (Å²) in [4.78, 5) is 11.8. The van der Waals surface area contributed by atoms with E-state index in [0.717, 1.165) is 11.1 Å². The molecule has 23 heavy (non-hydrogen) atoms. The zero-order chi connectivity index (χ0) is 16.8. The van der Waals surface area contributed by atoms with Gasteiger partial charge in [-0.05, 0) is 46.1 Å². The molecule has 0 saturated carbocycles. The topological polar surface area (TPSA) is 35.5 Å². The van der Waals surface area contributed by atoms with Gasteiger partial charge < -0.3 is 9.47 Å². The highest BCUT2D eigenvalue weighted by Crippen LogP contribution is 2.35. The van der Waals surface area contributed by atoms with E-state index >= 15 is 0 Å². The van der Waals surface area contributed by atoms with Crippen molar-refractivity contribution in [2.45, 2.75) is 13.5 Å². The van der Waals surface area contributed by atoms with Crippen molar-refractivity contribution < 1.29 is 14.3 Å². The lowest BCUT2D eigenvalue weighted by atomic mass is 10.1. The summed E-state index contributed by atoms with van der Waals surface area (Å²) < 4.78 is 11.2. The maximum absolute atomic E-state index is 11.8. The van der Waals surface area contributed by atoms with E-state index in [1.54, 1.807) is 6.07 Å². The number of benzene rings is 2. The van der Waals surface area contributed by atoms with Gasteiger partial charge in [0.15, 0.2) is 12.4 Å². The van der Waals surface area contributed by atoms with E-state index in [4.69, 9.17) is 27.5 Å². The summed E-state index contributed by atoms with van der Waals surface area (Å²) in [7, 11) is 0. The highest BCUT2D eigenvalue weighted by atomic mass is 79.9. The highest BCUT2D eigenvalue weighted by Gasteiger charge is 2.15. The molecule has 2 aromatic carbocycles. The van der Waals surface area contributed by atoms with E-state index < -0.39 is 5.97 Å². The number of terminal acetylenes is 1. The van der Waals surface area contributed by atoms with Crippen LogP contribution in [0.4, 0.5) is 0 Å². The van der Waals surface area contributed by atoms with Crippen molar-refractivity contribution in [1.29, 1.82) is 0 Å². The zero-order valence-corrected chi connectivity index (χ0v) is 14.8. The van der Waals surface area contributed by atoms with Crippen LogP contribution < -0.4 is 4.74 Å². The fraction of sp³-hybridized carbons (Fsp3) is 0.167. The van der Waals surface area contributed by atoms with Gasteiger partial charge in [-0.2, -0.15) is 0 Å². The van der Waals surface area contributed by atoms with Gasteiger partial charge in [0.2, 0.25) is 0 Å². The largest absolute Gasteiger partial charge is 0.486 e. The Morgan fingerprint density at radius 2 is 2.09 bits per heavy atom. The number of rotatable bonds is 5. The van der Waals surface area contributed by atoms with Gasteiger partial charge in [-0.3, -0.25) is 0 Å². The molecule has 3 nitrogen and oxygen atoms in total. The maximum Gasteiger partial charge on any atom is 0.339 e. The van der Waals surface area contributed by atoms with Crippen LogP contribution in [0.15, 0.2) is 40.9 Å². The molecule has 5 heteroatoms. The fourth-order valence-electron chi connectivity index (χ4n) is 1.93. The lowest BCUT2D eigenvalue weighted by Gasteiger charge is -2.13. The Morgan fingerprint density at radius 3 is 2.74 bits per heavy atom. The van der Waals surface area contributed by atoms with E-state index in [9.17, 15) is 4.79 Å². The Morgan fingerprint density at radius 1 is 1.35 bits per heavy atom. The van der Waals surface area contributed by atoms with Crippen molar-refractivity contribution in [2.24, 2.45) is 0 Å². The third-order valence-electron chi connectivity index (χ3n) is 3.15. The molecule has 0 bridgehead atoms. The number of carbonyl (C=O) groups excluding carboxylic acids is 1. The highest BCUT2D eigenvalue weighted by molar-refractivity contribution is 9.10. The second kappa shape index (κ2) is 8.05. The summed E-state index contributed by atoms with van der Waals surface area (Å²) in [5, 5.41) is 0.320. The smallest absolute Gasteiger partial charge is 0.339 e. The molecule has 0 heterocycles. The normalized spacial score (nSPS) is 10.0. The van der Waals surface area contributed by atoms with Crippen LogP contribution in [0.25, 0.3) is 0 Å². The van der Waals surface area contributed by atoms with Crippen LogP contribution >= 0.6 is 27.5 Å². The van der Waals surface area contributed by atoms with Crippen LogP contribution in [-0.2, 0) is 11.3 Å².